The molecule has 0 aliphatic rings. The van der Waals surface area contributed by atoms with Crippen molar-refractivity contribution in [2.45, 2.75) is 19.9 Å². The molecule has 0 unspecified atom stereocenters. The first-order valence-corrected chi connectivity index (χ1v) is 6.86. The fraction of sp³-hybridized carbons (Fsp3) is 0.400. The lowest BCUT2D eigenvalue weighted by Gasteiger charge is -2.12. The number of ether oxygens (including phenoxy) is 3. The molecule has 0 saturated carbocycles. The summed E-state index contributed by atoms with van der Waals surface area (Å²) in [6, 6.07) is 3.18. The third kappa shape index (κ3) is 5.17. The maximum atomic E-state index is 11.5. The third-order valence-electron chi connectivity index (χ3n) is 2.69. The molecule has 0 spiro atoms. The Morgan fingerprint density at radius 1 is 1.04 bits per heavy atom. The van der Waals surface area contributed by atoms with Gasteiger partial charge in [-0.25, -0.2) is 5.43 Å². The van der Waals surface area contributed by atoms with Crippen molar-refractivity contribution in [2.75, 3.05) is 21.3 Å². The third-order valence-corrected chi connectivity index (χ3v) is 2.69. The van der Waals surface area contributed by atoms with E-state index in [-0.39, 0.29) is 6.04 Å². The van der Waals surface area contributed by atoms with Gasteiger partial charge in [-0.2, -0.15) is 5.10 Å². The van der Waals surface area contributed by atoms with E-state index in [9.17, 15) is 9.59 Å². The van der Waals surface area contributed by atoms with Crippen molar-refractivity contribution in [2.24, 2.45) is 5.10 Å². The summed E-state index contributed by atoms with van der Waals surface area (Å²) in [7, 11) is 4.49. The van der Waals surface area contributed by atoms with E-state index in [0.717, 1.165) is 0 Å². The van der Waals surface area contributed by atoms with E-state index in [1.807, 2.05) is 0 Å². The molecule has 2 amide bonds. The Morgan fingerprint density at radius 3 is 2.04 bits per heavy atom. The monoisotopic (exact) mass is 323 g/mol. The highest BCUT2D eigenvalue weighted by Crippen LogP contribution is 2.37. The standard InChI is InChI=1S/C15H21N3O5/c1-9(2)17-14(19)15(20)18-16-8-10-6-11(21-3)13(23-5)12(7-10)22-4/h6-9H,1-5H3,(H,17,19)(H,18,20)/b16-8-. The average Bonchev–Trinajstić information content (AvgIpc) is 2.52. The fourth-order valence-corrected chi connectivity index (χ4v) is 1.72. The smallest absolute Gasteiger partial charge is 0.329 e. The normalized spacial score (nSPS) is 10.5. The summed E-state index contributed by atoms with van der Waals surface area (Å²) >= 11 is 0. The Hall–Kier alpha value is -2.77. The quantitative estimate of drug-likeness (QED) is 0.456. The van der Waals surface area contributed by atoms with Crippen LogP contribution in [-0.2, 0) is 9.59 Å². The summed E-state index contributed by atoms with van der Waals surface area (Å²) in [5.41, 5.74) is 2.75. The predicted molar refractivity (Wildman–Crippen MR) is 85.1 cm³/mol. The van der Waals surface area contributed by atoms with Crippen LogP contribution in [0, 0.1) is 0 Å². The summed E-state index contributed by atoms with van der Waals surface area (Å²) in [4.78, 5) is 22.9. The SMILES string of the molecule is COc1cc(/C=N\NC(=O)C(=O)NC(C)C)cc(OC)c1OC. The van der Waals surface area contributed by atoms with E-state index < -0.39 is 11.8 Å². The van der Waals surface area contributed by atoms with Crippen LogP contribution in [0.1, 0.15) is 19.4 Å². The minimum atomic E-state index is -0.845. The van der Waals surface area contributed by atoms with Crippen LogP contribution in [-0.4, -0.2) is 45.4 Å². The Bertz CT molecular complexity index is 574. The predicted octanol–water partition coefficient (Wildman–Crippen LogP) is 0.687. The van der Waals surface area contributed by atoms with Crippen LogP contribution >= 0.6 is 0 Å². The first-order valence-electron chi connectivity index (χ1n) is 6.86. The number of nitrogens with one attached hydrogen (secondary N) is 2. The number of carbonyl (C=O) groups excluding carboxylic acids is 2. The molecule has 2 N–H and O–H groups in total. The van der Waals surface area contributed by atoms with Crippen molar-refractivity contribution < 1.29 is 23.8 Å². The van der Waals surface area contributed by atoms with Crippen molar-refractivity contribution in [1.29, 1.82) is 0 Å². The molecule has 8 heteroatoms. The lowest BCUT2D eigenvalue weighted by Crippen LogP contribution is -2.41. The highest BCUT2D eigenvalue weighted by molar-refractivity contribution is 6.35. The summed E-state index contributed by atoms with van der Waals surface area (Å²) in [5.74, 6) is -0.230. The topological polar surface area (TPSA) is 98.2 Å². The van der Waals surface area contributed by atoms with Gasteiger partial charge in [0.05, 0.1) is 27.5 Å². The Labute approximate surface area is 134 Å². The molecule has 23 heavy (non-hydrogen) atoms. The molecule has 0 aliphatic carbocycles. The van der Waals surface area contributed by atoms with E-state index in [4.69, 9.17) is 14.2 Å². The second-order valence-corrected chi connectivity index (χ2v) is 4.79. The van der Waals surface area contributed by atoms with Crippen LogP contribution in [0.15, 0.2) is 17.2 Å². The molecule has 0 aromatic heterocycles. The lowest BCUT2D eigenvalue weighted by molar-refractivity contribution is -0.139. The summed E-state index contributed by atoms with van der Waals surface area (Å²) < 4.78 is 15.6. The number of hydrogen-bond donors (Lipinski definition) is 2. The van der Waals surface area contributed by atoms with Gasteiger partial charge < -0.3 is 19.5 Å². The van der Waals surface area contributed by atoms with Crippen LogP contribution in [0.2, 0.25) is 0 Å². The molecule has 1 aromatic rings. The van der Waals surface area contributed by atoms with Gasteiger partial charge >= 0.3 is 11.8 Å². The zero-order valence-electron chi connectivity index (χ0n) is 13.8. The minimum absolute atomic E-state index is 0.132. The number of nitrogens with zero attached hydrogens (tertiary/aromatic N) is 1. The van der Waals surface area contributed by atoms with Gasteiger partial charge in [0.15, 0.2) is 11.5 Å². The van der Waals surface area contributed by atoms with Crippen LogP contribution in [0.5, 0.6) is 17.2 Å². The second kappa shape index (κ2) is 8.62. The number of amides is 2. The van der Waals surface area contributed by atoms with Gasteiger partial charge in [0, 0.05) is 11.6 Å². The fourth-order valence-electron chi connectivity index (χ4n) is 1.72. The number of hydrogen-bond acceptors (Lipinski definition) is 6. The molecule has 0 radical (unpaired) electrons. The van der Waals surface area contributed by atoms with Gasteiger partial charge in [-0.15, -0.1) is 0 Å². The molecular formula is C15H21N3O5. The average molecular weight is 323 g/mol. The highest BCUT2D eigenvalue weighted by atomic mass is 16.5. The number of rotatable bonds is 6. The second-order valence-electron chi connectivity index (χ2n) is 4.79. The molecule has 126 valence electrons. The number of methoxy groups -OCH3 is 3. The van der Waals surface area contributed by atoms with Gasteiger partial charge in [0.1, 0.15) is 0 Å². The molecule has 0 bridgehead atoms. The summed E-state index contributed by atoms with van der Waals surface area (Å²) in [6.45, 7) is 3.51. The molecule has 1 rings (SSSR count). The van der Waals surface area contributed by atoms with Gasteiger partial charge in [0.2, 0.25) is 5.75 Å². The van der Waals surface area contributed by atoms with Crippen molar-refractivity contribution >= 4 is 18.0 Å². The Balaban J connectivity index is 2.84. The highest BCUT2D eigenvalue weighted by Gasteiger charge is 2.14. The van der Waals surface area contributed by atoms with Gasteiger partial charge in [0.25, 0.3) is 0 Å². The first kappa shape index (κ1) is 18.3. The van der Waals surface area contributed by atoms with Gasteiger partial charge in [-0.3, -0.25) is 9.59 Å². The number of benzene rings is 1. The van der Waals surface area contributed by atoms with E-state index in [0.29, 0.717) is 22.8 Å². The molecule has 0 fully saturated rings. The molecule has 1 aromatic carbocycles. The first-order chi connectivity index (χ1) is 10.9. The molecule has 0 aliphatic heterocycles. The summed E-state index contributed by atoms with van der Waals surface area (Å²) in [5, 5.41) is 6.20. The van der Waals surface area contributed by atoms with Crippen LogP contribution in [0.4, 0.5) is 0 Å². The Kier molecular flexibility index (Phi) is 6.85. The maximum absolute atomic E-state index is 11.5. The molecule has 8 nitrogen and oxygen atoms in total. The van der Waals surface area contributed by atoms with Crippen molar-refractivity contribution in [3.8, 4) is 17.2 Å². The van der Waals surface area contributed by atoms with E-state index in [2.05, 4.69) is 15.8 Å². The van der Waals surface area contributed by atoms with Crippen LogP contribution in [0.3, 0.4) is 0 Å². The molecule has 0 heterocycles. The largest absolute Gasteiger partial charge is 0.493 e. The zero-order chi connectivity index (χ0) is 17.4. The number of carbonyl (C=O) groups is 2. The maximum Gasteiger partial charge on any atom is 0.329 e. The van der Waals surface area contributed by atoms with E-state index >= 15 is 0 Å². The Morgan fingerprint density at radius 2 is 1.61 bits per heavy atom. The van der Waals surface area contributed by atoms with Crippen LogP contribution < -0.4 is 25.0 Å². The molecule has 0 atom stereocenters. The summed E-state index contributed by atoms with van der Waals surface area (Å²) in [6.07, 6.45) is 1.37. The van der Waals surface area contributed by atoms with Crippen LogP contribution in [0.25, 0.3) is 0 Å². The van der Waals surface area contributed by atoms with E-state index in [1.54, 1.807) is 26.0 Å². The molecular weight excluding hydrogens is 302 g/mol. The van der Waals surface area contributed by atoms with E-state index in [1.165, 1.54) is 27.5 Å². The van der Waals surface area contributed by atoms with Crippen molar-refractivity contribution in [1.82, 2.24) is 10.7 Å². The number of hydrazone groups is 1. The van der Waals surface area contributed by atoms with Crippen molar-refractivity contribution in [3.63, 3.8) is 0 Å². The van der Waals surface area contributed by atoms with Gasteiger partial charge in [-0.05, 0) is 26.0 Å². The zero-order valence-corrected chi connectivity index (χ0v) is 13.8. The van der Waals surface area contributed by atoms with Crippen molar-refractivity contribution in [3.05, 3.63) is 17.7 Å². The lowest BCUT2D eigenvalue weighted by atomic mass is 10.2. The molecule has 0 saturated heterocycles. The van der Waals surface area contributed by atoms with Gasteiger partial charge in [-0.1, -0.05) is 0 Å². The minimum Gasteiger partial charge on any atom is -0.493 e.